The van der Waals surface area contributed by atoms with Crippen molar-refractivity contribution in [2.24, 2.45) is 0 Å². The first kappa shape index (κ1) is 25.2. The predicted octanol–water partition coefficient (Wildman–Crippen LogP) is 7.94. The molecular weight excluding hydrogens is 462 g/mol. The first-order chi connectivity index (χ1) is 17.9. The summed E-state index contributed by atoms with van der Waals surface area (Å²) in [6.45, 7) is 9.04. The number of carbonyl (C=O) groups excluding carboxylic acids is 2. The maximum Gasteiger partial charge on any atom is 0.330 e. The zero-order valence-electron chi connectivity index (χ0n) is 20.6. The van der Waals surface area contributed by atoms with Gasteiger partial charge in [-0.15, -0.1) is 0 Å². The van der Waals surface area contributed by atoms with Crippen LogP contribution in [0, 0.1) is 0 Å². The minimum atomic E-state index is -0.465. The van der Waals surface area contributed by atoms with Gasteiger partial charge in [-0.25, -0.2) is 4.79 Å². The van der Waals surface area contributed by atoms with Crippen molar-refractivity contribution in [3.63, 3.8) is 0 Å². The lowest BCUT2D eigenvalue weighted by Crippen LogP contribution is -2.10. The van der Waals surface area contributed by atoms with Crippen LogP contribution < -0.4 is 9.64 Å². The number of para-hydroxylation sites is 1. The number of ketones is 1. The molecule has 0 saturated heterocycles. The van der Waals surface area contributed by atoms with Crippen molar-refractivity contribution >= 4 is 28.8 Å². The molecule has 37 heavy (non-hydrogen) atoms. The molecule has 0 heterocycles. The normalized spacial score (nSPS) is 10.3. The van der Waals surface area contributed by atoms with Crippen molar-refractivity contribution in [2.75, 3.05) is 4.90 Å². The molecule has 0 aliphatic rings. The maximum absolute atomic E-state index is 12.4. The second-order valence-corrected chi connectivity index (χ2v) is 8.38. The number of Topliss-reactive ketones (excluding diaryl/α,β-unsaturated/α-hetero) is 1. The SMILES string of the molecule is C=CC(=O)OCc1ccc(N(c2ccc(Oc3ccccc3)cc2)c2ccc(C(=O)C(=C)C)cc2)cc1. The summed E-state index contributed by atoms with van der Waals surface area (Å²) < 4.78 is 11.1. The number of anilines is 3. The quantitative estimate of drug-likeness (QED) is 0.129. The number of benzene rings is 4. The van der Waals surface area contributed by atoms with Crippen LogP contribution in [0.25, 0.3) is 0 Å². The van der Waals surface area contributed by atoms with Gasteiger partial charge in [0.1, 0.15) is 18.1 Å². The standard InChI is InChI=1S/C32H27NO4/c1-4-31(34)36-22-24-10-14-26(15-11-24)33(27-16-12-25(13-17-27)32(35)23(2)3)28-18-20-30(21-19-28)37-29-8-6-5-7-9-29/h4-21H,1-2,22H2,3H3. The minimum absolute atomic E-state index is 0.0843. The molecule has 0 aromatic heterocycles. The average Bonchev–Trinajstić information content (AvgIpc) is 2.94. The van der Waals surface area contributed by atoms with Gasteiger partial charge in [0.05, 0.1) is 0 Å². The lowest BCUT2D eigenvalue weighted by atomic mass is 10.0. The summed E-state index contributed by atoms with van der Waals surface area (Å²) in [7, 11) is 0. The van der Waals surface area contributed by atoms with Gasteiger partial charge in [0.2, 0.25) is 0 Å². The molecule has 184 valence electrons. The Kier molecular flexibility index (Phi) is 7.96. The van der Waals surface area contributed by atoms with E-state index in [0.29, 0.717) is 11.1 Å². The number of hydrogen-bond donors (Lipinski definition) is 0. The molecule has 4 rings (SSSR count). The monoisotopic (exact) mass is 489 g/mol. The van der Waals surface area contributed by atoms with Crippen LogP contribution in [0.4, 0.5) is 17.1 Å². The molecule has 0 N–H and O–H groups in total. The lowest BCUT2D eigenvalue weighted by Gasteiger charge is -2.26. The zero-order valence-corrected chi connectivity index (χ0v) is 20.6. The van der Waals surface area contributed by atoms with E-state index in [4.69, 9.17) is 9.47 Å². The molecule has 0 aliphatic carbocycles. The van der Waals surface area contributed by atoms with Crippen LogP contribution in [0.15, 0.2) is 128 Å². The van der Waals surface area contributed by atoms with Gasteiger partial charge in [0, 0.05) is 28.7 Å². The Morgan fingerprint density at radius 1 is 0.757 bits per heavy atom. The van der Waals surface area contributed by atoms with Crippen molar-refractivity contribution in [3.8, 4) is 11.5 Å². The highest BCUT2D eigenvalue weighted by molar-refractivity contribution is 6.08. The summed E-state index contributed by atoms with van der Waals surface area (Å²) in [4.78, 5) is 25.8. The van der Waals surface area contributed by atoms with Crippen LogP contribution in [0.2, 0.25) is 0 Å². The van der Waals surface area contributed by atoms with Gasteiger partial charge in [-0.05, 0) is 90.9 Å². The Labute approximate surface area is 216 Å². The van der Waals surface area contributed by atoms with Gasteiger partial charge >= 0.3 is 5.97 Å². The van der Waals surface area contributed by atoms with E-state index in [9.17, 15) is 9.59 Å². The molecule has 0 amide bonds. The topological polar surface area (TPSA) is 55.8 Å². The molecule has 5 heteroatoms. The highest BCUT2D eigenvalue weighted by Crippen LogP contribution is 2.36. The number of esters is 1. The van der Waals surface area contributed by atoms with Gasteiger partial charge in [-0.3, -0.25) is 4.79 Å². The largest absolute Gasteiger partial charge is 0.458 e. The molecule has 0 fully saturated rings. The van der Waals surface area contributed by atoms with E-state index >= 15 is 0 Å². The molecule has 5 nitrogen and oxygen atoms in total. The van der Waals surface area contributed by atoms with Crippen LogP contribution in [0.1, 0.15) is 22.8 Å². The van der Waals surface area contributed by atoms with E-state index in [1.165, 1.54) is 0 Å². The van der Waals surface area contributed by atoms with Crippen molar-refractivity contribution in [3.05, 3.63) is 139 Å². The van der Waals surface area contributed by atoms with Gasteiger partial charge in [-0.1, -0.05) is 43.5 Å². The molecule has 4 aromatic carbocycles. The van der Waals surface area contributed by atoms with Crippen LogP contribution in [0.3, 0.4) is 0 Å². The van der Waals surface area contributed by atoms with E-state index in [0.717, 1.165) is 40.2 Å². The van der Waals surface area contributed by atoms with Gasteiger partial charge in [0.15, 0.2) is 5.78 Å². The Hall–Kier alpha value is -4.90. The van der Waals surface area contributed by atoms with Crippen LogP contribution >= 0.6 is 0 Å². The van der Waals surface area contributed by atoms with E-state index in [1.54, 1.807) is 19.1 Å². The van der Waals surface area contributed by atoms with E-state index in [1.807, 2.05) is 91.0 Å². The lowest BCUT2D eigenvalue weighted by molar-refractivity contribution is -0.138. The van der Waals surface area contributed by atoms with Crippen molar-refractivity contribution < 1.29 is 19.1 Å². The highest BCUT2D eigenvalue weighted by Gasteiger charge is 2.15. The zero-order chi connectivity index (χ0) is 26.2. The number of hydrogen-bond acceptors (Lipinski definition) is 5. The fourth-order valence-corrected chi connectivity index (χ4v) is 3.70. The molecular formula is C32H27NO4. The Morgan fingerprint density at radius 3 is 1.81 bits per heavy atom. The summed E-state index contributed by atoms with van der Waals surface area (Å²) >= 11 is 0. The minimum Gasteiger partial charge on any atom is -0.458 e. The van der Waals surface area contributed by atoms with Gasteiger partial charge in [0.25, 0.3) is 0 Å². The molecule has 0 unspecified atom stereocenters. The number of allylic oxidation sites excluding steroid dienone is 1. The van der Waals surface area contributed by atoms with Crippen molar-refractivity contribution in [2.45, 2.75) is 13.5 Å². The van der Waals surface area contributed by atoms with Gasteiger partial charge in [-0.2, -0.15) is 0 Å². The van der Waals surface area contributed by atoms with Gasteiger partial charge < -0.3 is 14.4 Å². The first-order valence-electron chi connectivity index (χ1n) is 11.8. The van der Waals surface area contributed by atoms with Crippen LogP contribution in [-0.2, 0) is 16.1 Å². The maximum atomic E-state index is 12.4. The number of rotatable bonds is 10. The average molecular weight is 490 g/mol. The second-order valence-electron chi connectivity index (χ2n) is 8.38. The second kappa shape index (κ2) is 11.7. The Bertz CT molecular complexity index is 1390. The number of carbonyl (C=O) groups is 2. The highest BCUT2D eigenvalue weighted by atomic mass is 16.5. The van der Waals surface area contributed by atoms with E-state index in [2.05, 4.69) is 18.1 Å². The predicted molar refractivity (Wildman–Crippen MR) is 147 cm³/mol. The third kappa shape index (κ3) is 6.41. The fourth-order valence-electron chi connectivity index (χ4n) is 3.70. The summed E-state index contributed by atoms with van der Waals surface area (Å²) in [5.41, 5.74) is 4.61. The Morgan fingerprint density at radius 2 is 1.27 bits per heavy atom. The third-order valence-corrected chi connectivity index (χ3v) is 5.59. The van der Waals surface area contributed by atoms with Crippen LogP contribution in [-0.4, -0.2) is 11.8 Å². The summed E-state index contributed by atoms with van der Waals surface area (Å²) in [5, 5.41) is 0. The molecule has 0 atom stereocenters. The smallest absolute Gasteiger partial charge is 0.330 e. The fraction of sp³-hybridized carbons (Fsp3) is 0.0625. The molecule has 4 aromatic rings. The summed E-state index contributed by atoms with van der Waals surface area (Å²) in [6, 6.07) is 32.5. The van der Waals surface area contributed by atoms with Crippen molar-refractivity contribution in [1.82, 2.24) is 0 Å². The number of ether oxygens (including phenoxy) is 2. The molecule has 0 radical (unpaired) electrons. The molecule has 0 spiro atoms. The number of nitrogens with zero attached hydrogens (tertiary/aromatic N) is 1. The molecule has 0 aliphatic heterocycles. The third-order valence-electron chi connectivity index (χ3n) is 5.59. The summed E-state index contributed by atoms with van der Waals surface area (Å²) in [6.07, 6.45) is 1.14. The first-order valence-corrected chi connectivity index (χ1v) is 11.8. The molecule has 0 bridgehead atoms. The Balaban J connectivity index is 1.64. The summed E-state index contributed by atoms with van der Waals surface area (Å²) in [5.74, 6) is 0.932. The van der Waals surface area contributed by atoms with E-state index in [-0.39, 0.29) is 12.4 Å². The van der Waals surface area contributed by atoms with Crippen LogP contribution in [0.5, 0.6) is 11.5 Å². The van der Waals surface area contributed by atoms with Crippen molar-refractivity contribution in [1.29, 1.82) is 0 Å². The van der Waals surface area contributed by atoms with E-state index < -0.39 is 5.97 Å². The molecule has 0 saturated carbocycles.